The van der Waals surface area contributed by atoms with E-state index in [2.05, 4.69) is 53.7 Å². The van der Waals surface area contributed by atoms with Crippen molar-refractivity contribution in [2.24, 2.45) is 10.1 Å². The van der Waals surface area contributed by atoms with E-state index in [-0.39, 0.29) is 34.6 Å². The van der Waals surface area contributed by atoms with Crippen molar-refractivity contribution < 1.29 is 13.2 Å². The molecular weight excluding hydrogens is 527 g/mol. The molecule has 2 rings (SSSR count). The molecule has 0 aliphatic rings. The average molecular weight is 561 g/mol. The van der Waals surface area contributed by atoms with E-state index in [1.807, 2.05) is 6.07 Å². The molecule has 0 aliphatic carbocycles. The molecule has 0 saturated heterocycles. The lowest BCUT2D eigenvalue weighted by atomic mass is 10.1. The number of nitrogens with one attached hydrogen (secondary N) is 2. The first-order valence-corrected chi connectivity index (χ1v) is 11.7. The van der Waals surface area contributed by atoms with E-state index in [4.69, 9.17) is 9.88 Å². The molecule has 31 heavy (non-hydrogen) atoms. The Bertz CT molecular complexity index is 948. The second-order valence-corrected chi connectivity index (χ2v) is 8.67. The van der Waals surface area contributed by atoms with E-state index in [0.29, 0.717) is 19.5 Å². The Kier molecular flexibility index (Phi) is 11.9. The number of primary sulfonamides is 1. The lowest BCUT2D eigenvalue weighted by Crippen LogP contribution is -2.39. The number of guanidine groups is 1. The molecule has 0 heterocycles. The highest BCUT2D eigenvalue weighted by molar-refractivity contribution is 14.0. The third-order valence-electron chi connectivity index (χ3n) is 4.60. The van der Waals surface area contributed by atoms with Crippen molar-refractivity contribution in [1.82, 2.24) is 10.6 Å². The van der Waals surface area contributed by atoms with Crippen LogP contribution in [0.1, 0.15) is 36.5 Å². The van der Waals surface area contributed by atoms with Crippen LogP contribution < -0.4 is 20.5 Å². The molecule has 0 aliphatic heterocycles. The Morgan fingerprint density at radius 2 is 1.71 bits per heavy atom. The lowest BCUT2D eigenvalue weighted by Gasteiger charge is -2.13. The quantitative estimate of drug-likeness (QED) is 0.179. The standard InChI is InChI=1S/C22H32N4O3S.HI/c1-4-5-13-24-22(26-16-19-8-6-17(2)7-9-19)25-14-12-18-10-11-20(29-3)21(15-18)30(23,27)28;/h6-11,15H,4-5,12-14,16H2,1-3H3,(H2,23,27,28)(H2,24,25,26);1H. The van der Waals surface area contributed by atoms with Gasteiger partial charge in [-0.2, -0.15) is 0 Å². The van der Waals surface area contributed by atoms with Crippen LogP contribution in [0.2, 0.25) is 0 Å². The van der Waals surface area contributed by atoms with Crippen LogP contribution in [0.5, 0.6) is 5.75 Å². The molecule has 4 N–H and O–H groups in total. The lowest BCUT2D eigenvalue weighted by molar-refractivity contribution is 0.402. The van der Waals surface area contributed by atoms with Crippen molar-refractivity contribution in [2.45, 2.75) is 44.6 Å². The first-order chi connectivity index (χ1) is 14.3. The maximum absolute atomic E-state index is 11.8. The molecule has 0 saturated carbocycles. The van der Waals surface area contributed by atoms with Gasteiger partial charge in [0, 0.05) is 13.1 Å². The van der Waals surface area contributed by atoms with Gasteiger partial charge in [0.15, 0.2) is 5.96 Å². The summed E-state index contributed by atoms with van der Waals surface area (Å²) in [7, 11) is -2.43. The van der Waals surface area contributed by atoms with Crippen LogP contribution in [0.3, 0.4) is 0 Å². The Labute approximate surface area is 202 Å². The third-order valence-corrected chi connectivity index (χ3v) is 5.54. The Balaban J connectivity index is 0.00000480. The zero-order valence-electron chi connectivity index (χ0n) is 18.3. The number of benzene rings is 2. The summed E-state index contributed by atoms with van der Waals surface area (Å²) in [5.41, 5.74) is 3.21. The number of sulfonamides is 1. The minimum Gasteiger partial charge on any atom is -0.495 e. The number of aliphatic imine (C=N–C) groups is 1. The second kappa shape index (κ2) is 13.5. The number of halogens is 1. The molecular formula is C22H33IN4O3S. The summed E-state index contributed by atoms with van der Waals surface area (Å²) in [5.74, 6) is 0.986. The fourth-order valence-corrected chi connectivity index (χ4v) is 3.59. The van der Waals surface area contributed by atoms with Crippen LogP contribution in [0.25, 0.3) is 0 Å². The Morgan fingerprint density at radius 1 is 1.06 bits per heavy atom. The van der Waals surface area contributed by atoms with Gasteiger partial charge in [-0.25, -0.2) is 18.5 Å². The summed E-state index contributed by atoms with van der Waals surface area (Å²) in [4.78, 5) is 4.67. The molecule has 172 valence electrons. The van der Waals surface area contributed by atoms with Crippen molar-refractivity contribution in [3.8, 4) is 5.75 Å². The SMILES string of the molecule is CCCCNC(=NCc1ccc(C)cc1)NCCc1ccc(OC)c(S(N)(=O)=O)c1.I. The third kappa shape index (κ3) is 9.44. The summed E-state index contributed by atoms with van der Waals surface area (Å²) >= 11 is 0. The zero-order valence-corrected chi connectivity index (χ0v) is 21.5. The number of hydrogen-bond acceptors (Lipinski definition) is 4. The van der Waals surface area contributed by atoms with E-state index < -0.39 is 10.0 Å². The predicted molar refractivity (Wildman–Crippen MR) is 137 cm³/mol. The molecule has 0 aromatic heterocycles. The number of unbranched alkanes of at least 4 members (excludes halogenated alkanes) is 1. The summed E-state index contributed by atoms with van der Waals surface area (Å²) in [6, 6.07) is 13.3. The highest BCUT2D eigenvalue weighted by atomic mass is 127. The fourth-order valence-electron chi connectivity index (χ4n) is 2.85. The van der Waals surface area contributed by atoms with Gasteiger partial charge in [-0.3, -0.25) is 0 Å². The summed E-state index contributed by atoms with van der Waals surface area (Å²) in [6.07, 6.45) is 2.77. The Morgan fingerprint density at radius 3 is 2.32 bits per heavy atom. The van der Waals surface area contributed by atoms with Gasteiger partial charge in [0.05, 0.1) is 13.7 Å². The maximum Gasteiger partial charge on any atom is 0.241 e. The van der Waals surface area contributed by atoms with Crippen LogP contribution in [0, 0.1) is 6.92 Å². The van der Waals surface area contributed by atoms with E-state index >= 15 is 0 Å². The first-order valence-electron chi connectivity index (χ1n) is 10.1. The fraction of sp³-hybridized carbons (Fsp3) is 0.409. The van der Waals surface area contributed by atoms with E-state index in [1.54, 1.807) is 12.1 Å². The number of hydrogen-bond donors (Lipinski definition) is 3. The van der Waals surface area contributed by atoms with Gasteiger partial charge in [-0.15, -0.1) is 24.0 Å². The molecule has 0 fully saturated rings. The number of nitrogens with zero attached hydrogens (tertiary/aromatic N) is 1. The molecule has 9 heteroatoms. The molecule has 7 nitrogen and oxygen atoms in total. The topological polar surface area (TPSA) is 106 Å². The predicted octanol–water partition coefficient (Wildman–Crippen LogP) is 3.35. The zero-order chi connectivity index (χ0) is 22.0. The van der Waals surface area contributed by atoms with Gasteiger partial charge in [0.1, 0.15) is 10.6 Å². The van der Waals surface area contributed by atoms with Crippen LogP contribution in [0.15, 0.2) is 52.4 Å². The van der Waals surface area contributed by atoms with Gasteiger partial charge in [-0.1, -0.05) is 49.2 Å². The van der Waals surface area contributed by atoms with Gasteiger partial charge in [0.2, 0.25) is 10.0 Å². The molecule has 0 radical (unpaired) electrons. The summed E-state index contributed by atoms with van der Waals surface area (Å²) in [6.45, 7) is 6.23. The van der Waals surface area contributed by atoms with Crippen molar-refractivity contribution >= 4 is 40.0 Å². The Hall–Kier alpha value is -1.85. The van der Waals surface area contributed by atoms with Crippen molar-refractivity contribution in [1.29, 1.82) is 0 Å². The molecule has 0 amide bonds. The molecule has 0 atom stereocenters. The van der Waals surface area contributed by atoms with Gasteiger partial charge >= 0.3 is 0 Å². The van der Waals surface area contributed by atoms with Crippen molar-refractivity contribution in [2.75, 3.05) is 20.2 Å². The van der Waals surface area contributed by atoms with E-state index in [0.717, 1.165) is 36.5 Å². The van der Waals surface area contributed by atoms with Gasteiger partial charge in [0.25, 0.3) is 0 Å². The van der Waals surface area contributed by atoms with Crippen LogP contribution >= 0.6 is 24.0 Å². The molecule has 0 bridgehead atoms. The molecule has 0 spiro atoms. The van der Waals surface area contributed by atoms with E-state index in [1.165, 1.54) is 12.7 Å². The largest absolute Gasteiger partial charge is 0.495 e. The van der Waals surface area contributed by atoms with E-state index in [9.17, 15) is 8.42 Å². The molecule has 2 aromatic rings. The van der Waals surface area contributed by atoms with Crippen LogP contribution in [-0.4, -0.2) is 34.6 Å². The summed E-state index contributed by atoms with van der Waals surface area (Å²) < 4.78 is 28.7. The van der Waals surface area contributed by atoms with Gasteiger partial charge < -0.3 is 15.4 Å². The highest BCUT2D eigenvalue weighted by Gasteiger charge is 2.15. The average Bonchev–Trinajstić information content (AvgIpc) is 2.72. The smallest absolute Gasteiger partial charge is 0.241 e. The van der Waals surface area contributed by atoms with Crippen molar-refractivity contribution in [3.05, 3.63) is 59.2 Å². The van der Waals surface area contributed by atoms with Crippen LogP contribution in [0.4, 0.5) is 0 Å². The highest BCUT2D eigenvalue weighted by Crippen LogP contribution is 2.23. The molecule has 2 aromatic carbocycles. The van der Waals surface area contributed by atoms with Gasteiger partial charge in [-0.05, 0) is 43.0 Å². The number of aryl methyl sites for hydroxylation is 1. The number of nitrogens with two attached hydrogens (primary N) is 1. The normalized spacial score (nSPS) is 11.5. The summed E-state index contributed by atoms with van der Waals surface area (Å²) in [5, 5.41) is 12.0. The number of rotatable bonds is 10. The number of ether oxygens (including phenoxy) is 1. The maximum atomic E-state index is 11.8. The monoisotopic (exact) mass is 560 g/mol. The minimum atomic E-state index is -3.85. The van der Waals surface area contributed by atoms with Crippen molar-refractivity contribution in [3.63, 3.8) is 0 Å². The second-order valence-electron chi connectivity index (χ2n) is 7.14. The van der Waals surface area contributed by atoms with Crippen LogP contribution in [-0.2, 0) is 23.0 Å². The minimum absolute atomic E-state index is 0. The number of methoxy groups -OCH3 is 1. The molecule has 0 unspecified atom stereocenters. The first kappa shape index (κ1) is 27.2.